The summed E-state index contributed by atoms with van der Waals surface area (Å²) in [5, 5.41) is 4.87. The smallest absolute Gasteiger partial charge is 0.173 e. The SMILES string of the molecule is CCc1nn(-c2cnccn2)c(Cl)c1CCl. The molecule has 0 bridgehead atoms. The first kappa shape index (κ1) is 11.4. The Morgan fingerprint density at radius 2 is 2.19 bits per heavy atom. The van der Waals surface area contributed by atoms with Crippen LogP contribution in [0.25, 0.3) is 5.82 Å². The largest absolute Gasteiger partial charge is 0.259 e. The Morgan fingerprint density at radius 3 is 2.69 bits per heavy atom. The second-order valence-corrected chi connectivity index (χ2v) is 3.80. The van der Waals surface area contributed by atoms with Crippen molar-refractivity contribution in [3.05, 3.63) is 35.0 Å². The molecule has 0 saturated carbocycles. The molecule has 0 unspecified atom stereocenters. The van der Waals surface area contributed by atoms with Crippen LogP contribution in [0.15, 0.2) is 18.6 Å². The third-order valence-corrected chi connectivity index (χ3v) is 2.89. The van der Waals surface area contributed by atoms with E-state index in [4.69, 9.17) is 23.2 Å². The van der Waals surface area contributed by atoms with Crippen molar-refractivity contribution in [1.82, 2.24) is 19.7 Å². The van der Waals surface area contributed by atoms with Crippen LogP contribution in [-0.2, 0) is 12.3 Å². The fraction of sp³-hybridized carbons (Fsp3) is 0.300. The number of aryl methyl sites for hydroxylation is 1. The first-order valence-corrected chi connectivity index (χ1v) is 5.77. The van der Waals surface area contributed by atoms with E-state index in [1.165, 1.54) is 0 Å². The molecule has 0 fully saturated rings. The van der Waals surface area contributed by atoms with Crippen LogP contribution in [0.4, 0.5) is 0 Å². The molecule has 0 N–H and O–H groups in total. The number of aromatic nitrogens is 4. The van der Waals surface area contributed by atoms with Gasteiger partial charge in [-0.1, -0.05) is 18.5 Å². The summed E-state index contributed by atoms with van der Waals surface area (Å²) in [6.45, 7) is 2.01. The summed E-state index contributed by atoms with van der Waals surface area (Å²) in [7, 11) is 0. The molecule has 0 aromatic carbocycles. The van der Waals surface area contributed by atoms with Crippen LogP contribution in [0.3, 0.4) is 0 Å². The lowest BCUT2D eigenvalue weighted by molar-refractivity contribution is 0.810. The fourth-order valence-corrected chi connectivity index (χ4v) is 2.09. The van der Waals surface area contributed by atoms with Crippen molar-refractivity contribution in [2.24, 2.45) is 0 Å². The molecule has 4 nitrogen and oxygen atoms in total. The molecule has 2 heterocycles. The number of hydrogen-bond donors (Lipinski definition) is 0. The molecule has 84 valence electrons. The number of halogens is 2. The molecule has 0 spiro atoms. The minimum Gasteiger partial charge on any atom is -0.259 e. The van der Waals surface area contributed by atoms with Crippen molar-refractivity contribution < 1.29 is 0 Å². The van der Waals surface area contributed by atoms with Crippen LogP contribution in [0, 0.1) is 0 Å². The summed E-state index contributed by atoms with van der Waals surface area (Å²) in [5.74, 6) is 0.945. The van der Waals surface area contributed by atoms with E-state index in [0.29, 0.717) is 16.9 Å². The molecule has 0 aliphatic carbocycles. The summed E-state index contributed by atoms with van der Waals surface area (Å²) in [4.78, 5) is 8.12. The maximum Gasteiger partial charge on any atom is 0.173 e. The third-order valence-electron chi connectivity index (χ3n) is 2.24. The highest BCUT2D eigenvalue weighted by Crippen LogP contribution is 2.24. The van der Waals surface area contributed by atoms with E-state index in [-0.39, 0.29) is 0 Å². The van der Waals surface area contributed by atoms with Gasteiger partial charge in [-0.3, -0.25) is 4.98 Å². The van der Waals surface area contributed by atoms with Gasteiger partial charge in [0.1, 0.15) is 5.15 Å². The number of rotatable bonds is 3. The Morgan fingerprint density at radius 1 is 1.38 bits per heavy atom. The number of alkyl halides is 1. The van der Waals surface area contributed by atoms with Gasteiger partial charge in [0.2, 0.25) is 0 Å². The van der Waals surface area contributed by atoms with Gasteiger partial charge in [0.25, 0.3) is 0 Å². The van der Waals surface area contributed by atoms with E-state index in [2.05, 4.69) is 15.1 Å². The van der Waals surface area contributed by atoms with Gasteiger partial charge in [0.05, 0.1) is 17.8 Å². The zero-order valence-corrected chi connectivity index (χ0v) is 10.2. The second kappa shape index (κ2) is 4.80. The molecule has 0 atom stereocenters. The normalized spacial score (nSPS) is 10.7. The van der Waals surface area contributed by atoms with Crippen molar-refractivity contribution in [1.29, 1.82) is 0 Å². The molecular weight excluding hydrogens is 247 g/mol. The topological polar surface area (TPSA) is 43.6 Å². The molecule has 16 heavy (non-hydrogen) atoms. The molecule has 0 aliphatic rings. The molecule has 0 aliphatic heterocycles. The van der Waals surface area contributed by atoms with E-state index < -0.39 is 0 Å². The molecule has 2 aromatic rings. The molecule has 6 heteroatoms. The highest BCUT2D eigenvalue weighted by Gasteiger charge is 2.15. The molecule has 2 rings (SSSR count). The summed E-state index contributed by atoms with van der Waals surface area (Å²) < 4.78 is 1.56. The van der Waals surface area contributed by atoms with E-state index in [1.807, 2.05) is 6.92 Å². The van der Waals surface area contributed by atoms with Gasteiger partial charge in [-0.2, -0.15) is 5.10 Å². The van der Waals surface area contributed by atoms with Crippen LogP contribution in [0.1, 0.15) is 18.2 Å². The quantitative estimate of drug-likeness (QED) is 0.794. The van der Waals surface area contributed by atoms with E-state index >= 15 is 0 Å². The Balaban J connectivity index is 2.54. The first-order valence-electron chi connectivity index (χ1n) is 4.86. The molecule has 2 aromatic heterocycles. The van der Waals surface area contributed by atoms with Crippen molar-refractivity contribution in [2.45, 2.75) is 19.2 Å². The Hall–Kier alpha value is -1.13. The van der Waals surface area contributed by atoms with Gasteiger partial charge in [0.15, 0.2) is 5.82 Å². The zero-order valence-electron chi connectivity index (χ0n) is 8.69. The van der Waals surface area contributed by atoms with E-state index in [0.717, 1.165) is 17.7 Å². The van der Waals surface area contributed by atoms with Gasteiger partial charge in [-0.15, -0.1) is 11.6 Å². The van der Waals surface area contributed by atoms with Crippen LogP contribution in [-0.4, -0.2) is 19.7 Å². The summed E-state index contributed by atoms with van der Waals surface area (Å²) >= 11 is 12.0. The predicted octanol–water partition coefficient (Wildman–Crippen LogP) is 2.62. The number of nitrogens with zero attached hydrogens (tertiary/aromatic N) is 4. The van der Waals surface area contributed by atoms with Crippen LogP contribution in [0.2, 0.25) is 5.15 Å². The monoisotopic (exact) mass is 256 g/mol. The molecular formula is C10H10Cl2N4. The average Bonchev–Trinajstić information content (AvgIpc) is 2.66. The second-order valence-electron chi connectivity index (χ2n) is 3.18. The highest BCUT2D eigenvalue weighted by molar-refractivity contribution is 6.31. The molecule has 0 saturated heterocycles. The van der Waals surface area contributed by atoms with Gasteiger partial charge < -0.3 is 0 Å². The van der Waals surface area contributed by atoms with Gasteiger partial charge in [0, 0.05) is 18.0 Å². The maximum absolute atomic E-state index is 6.19. The maximum atomic E-state index is 6.19. The average molecular weight is 257 g/mol. The standard InChI is InChI=1S/C10H10Cl2N4/c1-2-8-7(5-11)10(12)16(15-8)9-6-13-3-4-14-9/h3-4,6H,2,5H2,1H3. The van der Waals surface area contributed by atoms with Gasteiger partial charge in [-0.25, -0.2) is 9.67 Å². The molecule has 0 amide bonds. The fourth-order valence-electron chi connectivity index (χ4n) is 1.44. The highest BCUT2D eigenvalue weighted by atomic mass is 35.5. The minimum absolute atomic E-state index is 0.349. The van der Waals surface area contributed by atoms with Crippen molar-refractivity contribution in [2.75, 3.05) is 0 Å². The van der Waals surface area contributed by atoms with Gasteiger partial charge >= 0.3 is 0 Å². The third kappa shape index (κ3) is 1.90. The molecule has 0 radical (unpaired) electrons. The van der Waals surface area contributed by atoms with Crippen LogP contribution in [0.5, 0.6) is 0 Å². The summed E-state index contributed by atoms with van der Waals surface area (Å²) in [5.41, 5.74) is 1.75. The van der Waals surface area contributed by atoms with Crippen LogP contribution < -0.4 is 0 Å². The van der Waals surface area contributed by atoms with E-state index in [9.17, 15) is 0 Å². The predicted molar refractivity (Wildman–Crippen MR) is 63.1 cm³/mol. The minimum atomic E-state index is 0.349. The lowest BCUT2D eigenvalue weighted by Crippen LogP contribution is -2.00. The van der Waals surface area contributed by atoms with Gasteiger partial charge in [-0.05, 0) is 6.42 Å². The van der Waals surface area contributed by atoms with Crippen molar-refractivity contribution >= 4 is 23.2 Å². The summed E-state index contributed by atoms with van der Waals surface area (Å²) in [6, 6.07) is 0. The Kier molecular flexibility index (Phi) is 3.41. The number of hydrogen-bond acceptors (Lipinski definition) is 3. The summed E-state index contributed by atoms with van der Waals surface area (Å²) in [6.07, 6.45) is 5.59. The van der Waals surface area contributed by atoms with Crippen LogP contribution >= 0.6 is 23.2 Å². The van der Waals surface area contributed by atoms with Crippen molar-refractivity contribution in [3.63, 3.8) is 0 Å². The Labute approximate surface area is 103 Å². The first-order chi connectivity index (χ1) is 7.77. The Bertz CT molecular complexity index is 481. The van der Waals surface area contributed by atoms with E-state index in [1.54, 1.807) is 23.3 Å². The zero-order chi connectivity index (χ0) is 11.5. The lowest BCUT2D eigenvalue weighted by Gasteiger charge is -2.00. The lowest BCUT2D eigenvalue weighted by atomic mass is 10.2. The van der Waals surface area contributed by atoms with Crippen molar-refractivity contribution in [3.8, 4) is 5.82 Å².